The molecule has 7 heteroatoms. The number of hydrogen-bond donors (Lipinski definition) is 2. The fourth-order valence-corrected chi connectivity index (χ4v) is 7.94. The third kappa shape index (κ3) is 7.56. The second kappa shape index (κ2) is 15.1. The van der Waals surface area contributed by atoms with E-state index in [-0.39, 0.29) is 29.6 Å². The summed E-state index contributed by atoms with van der Waals surface area (Å²) in [4.78, 5) is 24.3. The minimum atomic E-state index is -0.736. The van der Waals surface area contributed by atoms with Crippen molar-refractivity contribution in [2.75, 3.05) is 18.0 Å². The number of rotatable bonds is 15. The molecule has 1 unspecified atom stereocenters. The van der Waals surface area contributed by atoms with Crippen LogP contribution in [0, 0.1) is 5.92 Å². The molecule has 0 bridgehead atoms. The van der Waals surface area contributed by atoms with Crippen molar-refractivity contribution in [1.82, 2.24) is 0 Å². The number of halogens is 1. The maximum absolute atomic E-state index is 11.0. The molecule has 2 heterocycles. The number of para-hydroxylation sites is 2. The van der Waals surface area contributed by atoms with Crippen LogP contribution in [0.5, 0.6) is 0 Å². The van der Waals surface area contributed by atoms with Crippen LogP contribution in [0.2, 0.25) is 0 Å². The number of anilines is 1. The van der Waals surface area contributed by atoms with Gasteiger partial charge in [0.1, 0.15) is 6.54 Å². The van der Waals surface area contributed by atoms with Crippen LogP contribution in [-0.4, -0.2) is 45.5 Å². The molecule has 0 saturated heterocycles. The molecule has 0 radical (unpaired) electrons. The Labute approximate surface area is 290 Å². The van der Waals surface area contributed by atoms with Gasteiger partial charge in [-0.15, -0.1) is 5.73 Å². The molecule has 3 aliphatic rings. The van der Waals surface area contributed by atoms with E-state index in [1.54, 1.807) is 0 Å². The normalized spacial score (nSPS) is 19.2. The highest BCUT2D eigenvalue weighted by atomic mass is 35.5. The summed E-state index contributed by atoms with van der Waals surface area (Å²) < 4.78 is 2.41. The summed E-state index contributed by atoms with van der Waals surface area (Å²) in [5, 5.41) is 19.0. The summed E-state index contributed by atoms with van der Waals surface area (Å²) in [6, 6.07) is 17.1. The highest BCUT2D eigenvalue weighted by molar-refractivity contribution is 6.30. The lowest BCUT2D eigenvalue weighted by atomic mass is 9.81. The molecule has 6 nitrogen and oxygen atoms in total. The fraction of sp³-hybridized carbons (Fsp3) is 0.463. The predicted molar refractivity (Wildman–Crippen MR) is 195 cm³/mol. The molecule has 0 fully saturated rings. The zero-order valence-electron chi connectivity index (χ0n) is 28.9. The first-order valence-corrected chi connectivity index (χ1v) is 17.9. The van der Waals surface area contributed by atoms with E-state index in [9.17, 15) is 9.59 Å². The Bertz CT molecular complexity index is 1710. The second-order valence-corrected chi connectivity index (χ2v) is 14.8. The average Bonchev–Trinajstić information content (AvgIpc) is 3.58. The molecule has 0 aromatic heterocycles. The lowest BCUT2D eigenvalue weighted by Crippen LogP contribution is -2.28. The molecule has 0 amide bonds. The lowest BCUT2D eigenvalue weighted by Gasteiger charge is -2.25. The van der Waals surface area contributed by atoms with Gasteiger partial charge < -0.3 is 15.1 Å². The van der Waals surface area contributed by atoms with Gasteiger partial charge in [0.25, 0.3) is 0 Å². The van der Waals surface area contributed by atoms with E-state index in [1.807, 2.05) is 0 Å². The average molecular weight is 670 g/mol. The number of allylic oxidation sites excluding steroid dienone is 5. The number of fused-ring (bicyclic) bond motifs is 2. The van der Waals surface area contributed by atoms with Gasteiger partial charge in [-0.3, -0.25) is 9.59 Å². The van der Waals surface area contributed by atoms with E-state index in [4.69, 9.17) is 21.8 Å². The lowest BCUT2D eigenvalue weighted by molar-refractivity contribution is -0.438. The third-order valence-corrected chi connectivity index (χ3v) is 10.8. The number of benzene rings is 2. The van der Waals surface area contributed by atoms with Gasteiger partial charge in [-0.25, -0.2) is 0 Å². The Morgan fingerprint density at radius 2 is 1.52 bits per heavy atom. The molecule has 254 valence electrons. The summed E-state index contributed by atoms with van der Waals surface area (Å²) in [6.07, 6.45) is 13.9. The monoisotopic (exact) mass is 669 g/mol. The number of hydrogen-bond acceptors (Lipinski definition) is 3. The molecular formula is C41H50ClN2O4+. The molecule has 2 aromatic rings. The first-order valence-electron chi connectivity index (χ1n) is 17.5. The van der Waals surface area contributed by atoms with Gasteiger partial charge >= 0.3 is 11.9 Å². The van der Waals surface area contributed by atoms with E-state index in [1.165, 1.54) is 28.2 Å². The molecule has 1 atom stereocenters. The van der Waals surface area contributed by atoms with E-state index in [0.29, 0.717) is 12.8 Å². The highest BCUT2D eigenvalue weighted by Gasteiger charge is 2.44. The van der Waals surface area contributed by atoms with Crippen molar-refractivity contribution in [2.45, 2.75) is 103 Å². The summed E-state index contributed by atoms with van der Waals surface area (Å²) in [5.74, 6) is -1.37. The van der Waals surface area contributed by atoms with Gasteiger partial charge in [0.2, 0.25) is 5.69 Å². The zero-order chi connectivity index (χ0) is 34.5. The number of aliphatic carboxylic acids is 2. The highest BCUT2D eigenvalue weighted by Crippen LogP contribution is 2.48. The third-order valence-electron chi connectivity index (χ3n) is 10.3. The van der Waals surface area contributed by atoms with Crippen LogP contribution in [0.3, 0.4) is 0 Å². The van der Waals surface area contributed by atoms with Gasteiger partial charge in [0.05, 0.1) is 11.1 Å². The van der Waals surface area contributed by atoms with Crippen LogP contribution in [0.15, 0.2) is 88.8 Å². The van der Waals surface area contributed by atoms with Crippen molar-refractivity contribution in [1.29, 1.82) is 0 Å². The van der Waals surface area contributed by atoms with Gasteiger partial charge in [-0.05, 0) is 89.5 Å². The SMILES string of the molecule is CC1(C)C(=C=CC2CCC(/C=C/C3=[N+](CCCCCC(=O)O)c4ccccc4C3(C)C)=C2Cl)N(CCCCCC(=O)O)c2ccccc21. The van der Waals surface area contributed by atoms with Gasteiger partial charge in [0, 0.05) is 65.6 Å². The summed E-state index contributed by atoms with van der Waals surface area (Å²) in [5.41, 5.74) is 11.9. The topological polar surface area (TPSA) is 80.9 Å². The van der Waals surface area contributed by atoms with Crippen molar-refractivity contribution in [2.24, 2.45) is 5.92 Å². The van der Waals surface area contributed by atoms with Gasteiger partial charge in [0.15, 0.2) is 5.71 Å². The van der Waals surface area contributed by atoms with E-state index in [2.05, 4.69) is 110 Å². The van der Waals surface area contributed by atoms with E-state index >= 15 is 0 Å². The molecule has 5 rings (SSSR count). The Morgan fingerprint density at radius 1 is 0.875 bits per heavy atom. The Kier molecular flexibility index (Phi) is 11.2. The van der Waals surface area contributed by atoms with Crippen LogP contribution < -0.4 is 4.90 Å². The molecular weight excluding hydrogens is 620 g/mol. The molecule has 2 N–H and O–H groups in total. The maximum Gasteiger partial charge on any atom is 0.303 e. The second-order valence-electron chi connectivity index (χ2n) is 14.4. The van der Waals surface area contributed by atoms with E-state index < -0.39 is 11.9 Å². The number of carbonyl (C=O) groups is 2. The molecule has 0 saturated carbocycles. The van der Waals surface area contributed by atoms with Crippen molar-refractivity contribution in [3.8, 4) is 0 Å². The van der Waals surface area contributed by atoms with Gasteiger partial charge in [-0.1, -0.05) is 60.5 Å². The van der Waals surface area contributed by atoms with Crippen LogP contribution in [-0.2, 0) is 20.4 Å². The first kappa shape index (κ1) is 35.4. The van der Waals surface area contributed by atoms with Crippen LogP contribution in [0.4, 0.5) is 11.4 Å². The molecule has 2 aromatic carbocycles. The van der Waals surface area contributed by atoms with Gasteiger partial charge in [-0.2, -0.15) is 4.58 Å². The van der Waals surface area contributed by atoms with E-state index in [0.717, 1.165) is 67.9 Å². The fourth-order valence-electron chi connectivity index (χ4n) is 7.62. The minimum absolute atomic E-state index is 0.0971. The minimum Gasteiger partial charge on any atom is -0.481 e. The Balaban J connectivity index is 1.38. The van der Waals surface area contributed by atoms with Crippen molar-refractivity contribution in [3.63, 3.8) is 0 Å². The standard InChI is InChI=1S/C41H49ClN2O4/c1-40(2)31-15-9-11-17-33(31)43(27-13-5-7-19-37(45)46)35(40)25-23-29-21-22-30(39(29)42)24-26-36-41(3,4)32-16-10-12-18-34(32)44(36)28-14-6-8-20-38(47)48/h9-12,15-18,23-25,30H,5-8,13-14,19-22,27-28H2,1-4H3,(H-,45,46,47,48)/p+1/b25-23+. The largest absolute Gasteiger partial charge is 0.481 e. The Hall–Kier alpha value is -3.86. The first-order chi connectivity index (χ1) is 22.9. The quantitative estimate of drug-likeness (QED) is 0.112. The maximum atomic E-state index is 11.0. The molecule has 48 heavy (non-hydrogen) atoms. The molecule has 1 aliphatic carbocycles. The van der Waals surface area contributed by atoms with Crippen LogP contribution >= 0.6 is 11.6 Å². The number of nitrogens with zero attached hydrogens (tertiary/aromatic N) is 2. The number of unbranched alkanes of at least 4 members (excludes halogenated alkanes) is 4. The Morgan fingerprint density at radius 3 is 2.23 bits per heavy atom. The number of carboxylic acid groups (broad SMARTS) is 2. The summed E-state index contributed by atoms with van der Waals surface area (Å²) in [7, 11) is 0. The van der Waals surface area contributed by atoms with Crippen LogP contribution in [0.25, 0.3) is 0 Å². The summed E-state index contributed by atoms with van der Waals surface area (Å²) >= 11 is 7.11. The number of carboxylic acids is 2. The zero-order valence-corrected chi connectivity index (χ0v) is 29.7. The van der Waals surface area contributed by atoms with Crippen molar-refractivity contribution >= 4 is 40.6 Å². The summed E-state index contributed by atoms with van der Waals surface area (Å²) in [6.45, 7) is 10.7. The van der Waals surface area contributed by atoms with Crippen LogP contribution in [0.1, 0.15) is 103 Å². The smallest absolute Gasteiger partial charge is 0.303 e. The molecule has 0 spiro atoms. The predicted octanol–water partition coefficient (Wildman–Crippen LogP) is 9.65. The van der Waals surface area contributed by atoms with Crippen molar-refractivity contribution < 1.29 is 24.4 Å². The van der Waals surface area contributed by atoms with Crippen molar-refractivity contribution in [3.05, 3.63) is 99.9 Å². The molecule has 2 aliphatic heterocycles.